The number of carbonyl (C=O) groups is 3. The molecular formula is C39H39ClN6O5S. The van der Waals surface area contributed by atoms with Gasteiger partial charge in [-0.2, -0.15) is 0 Å². The average Bonchev–Trinajstić information content (AvgIpc) is 3.56. The highest BCUT2D eigenvalue weighted by molar-refractivity contribution is 7.15. The summed E-state index contributed by atoms with van der Waals surface area (Å²) < 4.78 is 13.2. The lowest BCUT2D eigenvalue weighted by atomic mass is 9.99. The smallest absolute Gasteiger partial charge is 0.412 e. The molecule has 0 bridgehead atoms. The van der Waals surface area contributed by atoms with Gasteiger partial charge in [0.2, 0.25) is 0 Å². The van der Waals surface area contributed by atoms with Crippen LogP contribution in [-0.2, 0) is 14.3 Å². The number of thiophene rings is 1. The molecule has 1 unspecified atom stereocenters. The molecule has 3 heterocycles. The summed E-state index contributed by atoms with van der Waals surface area (Å²) in [7, 11) is 0. The second-order valence-corrected chi connectivity index (χ2v) is 15.1. The van der Waals surface area contributed by atoms with Gasteiger partial charge in [-0.3, -0.25) is 24.5 Å². The number of aliphatic imine (C=N–C) groups is 1. The summed E-state index contributed by atoms with van der Waals surface area (Å²) in [6, 6.07) is 20.5. The van der Waals surface area contributed by atoms with Crippen molar-refractivity contribution < 1.29 is 23.9 Å². The van der Waals surface area contributed by atoms with Crippen molar-refractivity contribution in [3.05, 3.63) is 122 Å². The van der Waals surface area contributed by atoms with Crippen molar-refractivity contribution in [1.29, 1.82) is 0 Å². The van der Waals surface area contributed by atoms with Crippen LogP contribution in [0.15, 0.2) is 77.8 Å². The van der Waals surface area contributed by atoms with Crippen molar-refractivity contribution in [3.8, 4) is 5.00 Å². The Hall–Kier alpha value is -5.33. The van der Waals surface area contributed by atoms with Gasteiger partial charge in [-0.25, -0.2) is 4.79 Å². The van der Waals surface area contributed by atoms with E-state index in [0.29, 0.717) is 39.2 Å². The fourth-order valence-electron chi connectivity index (χ4n) is 5.82. The predicted molar refractivity (Wildman–Crippen MR) is 203 cm³/mol. The van der Waals surface area contributed by atoms with Crippen LogP contribution in [0.5, 0.6) is 0 Å². The molecule has 11 nitrogen and oxygen atoms in total. The Morgan fingerprint density at radius 3 is 2.23 bits per heavy atom. The van der Waals surface area contributed by atoms with Crippen molar-refractivity contribution in [2.75, 3.05) is 10.6 Å². The van der Waals surface area contributed by atoms with E-state index in [1.54, 1.807) is 87.6 Å². The zero-order valence-electron chi connectivity index (χ0n) is 29.9. The van der Waals surface area contributed by atoms with Crippen LogP contribution in [0.4, 0.5) is 16.2 Å². The number of carbonyl (C=O) groups excluding carboxylic acids is 3. The lowest BCUT2D eigenvalue weighted by molar-refractivity contribution is -0.149. The van der Waals surface area contributed by atoms with Crippen LogP contribution in [0, 0.1) is 20.8 Å². The van der Waals surface area contributed by atoms with E-state index in [1.165, 1.54) is 0 Å². The second-order valence-electron chi connectivity index (χ2n) is 13.5. The summed E-state index contributed by atoms with van der Waals surface area (Å²) in [4.78, 5) is 45.4. The summed E-state index contributed by atoms with van der Waals surface area (Å²) in [5, 5.41) is 15.9. The first kappa shape index (κ1) is 36.5. The molecule has 0 fully saturated rings. The molecule has 5 aromatic rings. The molecule has 3 aromatic carbocycles. The molecular weight excluding hydrogens is 700 g/mol. The highest BCUT2D eigenvalue weighted by Crippen LogP contribution is 2.40. The molecule has 2 atom stereocenters. The Morgan fingerprint density at radius 2 is 1.58 bits per heavy atom. The number of ether oxygens (including phenoxy) is 2. The first-order valence-electron chi connectivity index (χ1n) is 16.7. The number of amides is 2. The first-order chi connectivity index (χ1) is 24.7. The maximum Gasteiger partial charge on any atom is 0.412 e. The largest absolute Gasteiger partial charge is 0.458 e. The quantitative estimate of drug-likeness (QED) is 0.152. The van der Waals surface area contributed by atoms with Crippen LogP contribution >= 0.6 is 22.9 Å². The van der Waals surface area contributed by atoms with E-state index in [2.05, 4.69) is 34.7 Å². The second kappa shape index (κ2) is 14.7. The van der Waals surface area contributed by atoms with E-state index < -0.39 is 29.8 Å². The van der Waals surface area contributed by atoms with Crippen molar-refractivity contribution in [1.82, 2.24) is 14.8 Å². The van der Waals surface area contributed by atoms with Gasteiger partial charge in [0, 0.05) is 26.6 Å². The number of anilines is 2. The highest BCUT2D eigenvalue weighted by Gasteiger charge is 2.33. The Kier molecular flexibility index (Phi) is 10.3. The molecule has 2 aromatic heterocycles. The molecule has 2 N–H and O–H groups in total. The van der Waals surface area contributed by atoms with Gasteiger partial charge in [0.05, 0.1) is 23.5 Å². The normalized spacial score (nSPS) is 14.3. The average molecular weight is 739 g/mol. The number of hydrogen-bond donors (Lipinski definition) is 2. The van der Waals surface area contributed by atoms with Gasteiger partial charge in [-0.15, -0.1) is 21.5 Å². The van der Waals surface area contributed by atoms with Crippen LogP contribution < -0.4 is 10.6 Å². The Morgan fingerprint density at radius 1 is 0.923 bits per heavy atom. The van der Waals surface area contributed by atoms with E-state index in [4.69, 9.17) is 26.1 Å². The van der Waals surface area contributed by atoms with Crippen LogP contribution in [0.25, 0.3) is 5.00 Å². The number of nitrogens with one attached hydrogen (secondary N) is 2. The molecule has 2 amide bonds. The molecule has 1 aliphatic heterocycles. The van der Waals surface area contributed by atoms with Crippen LogP contribution in [0.2, 0.25) is 5.02 Å². The number of esters is 1. The lowest BCUT2D eigenvalue weighted by Crippen LogP contribution is -2.27. The van der Waals surface area contributed by atoms with Gasteiger partial charge in [-0.1, -0.05) is 48.0 Å². The summed E-state index contributed by atoms with van der Waals surface area (Å²) >= 11 is 7.87. The SMILES string of the molecule is Cc1sc2c(c1C)C(c1ccc(Cl)cc1)=N[C@@H](CC(=O)OC(C)c1ccc(C(=O)Nc3ccccc3NC(=O)OC(C)(C)C)cc1)c1nnc(C)n1-2. The number of nitrogens with zero attached hydrogens (tertiary/aromatic N) is 4. The number of aromatic nitrogens is 3. The highest BCUT2D eigenvalue weighted by atomic mass is 35.5. The Bertz CT molecular complexity index is 2180. The van der Waals surface area contributed by atoms with Gasteiger partial charge < -0.3 is 14.8 Å². The zero-order valence-corrected chi connectivity index (χ0v) is 31.5. The van der Waals surface area contributed by atoms with Gasteiger partial charge in [0.15, 0.2) is 5.82 Å². The summed E-state index contributed by atoms with van der Waals surface area (Å²) in [6.07, 6.45) is -1.31. The minimum absolute atomic E-state index is 0.0657. The van der Waals surface area contributed by atoms with Crippen molar-refractivity contribution >= 4 is 58.0 Å². The molecule has 0 radical (unpaired) electrons. The third-order valence-electron chi connectivity index (χ3n) is 8.48. The number of benzene rings is 3. The standard InChI is InChI=1S/C39H39ClN6O5S/c1-21-23(3)52-37-33(21)34(26-16-18-28(40)19-17-26)41-31(35-45-44-24(4)46(35)37)20-32(47)50-22(2)25-12-14-27(15-13-25)36(48)42-29-10-8-9-11-30(29)43-38(49)51-39(5,6)7/h8-19,22,31H,20H2,1-7H3,(H,42,48)(H,43,49)/t22?,31-/m0/s1. The number of halogens is 1. The van der Waals surface area contributed by atoms with Crippen molar-refractivity contribution in [2.24, 2.45) is 4.99 Å². The maximum absolute atomic E-state index is 13.5. The van der Waals surface area contributed by atoms with E-state index in [0.717, 1.165) is 32.3 Å². The molecule has 0 saturated carbocycles. The number of hydrogen-bond acceptors (Lipinski definition) is 9. The minimum atomic E-state index is -0.673. The van der Waals surface area contributed by atoms with Gasteiger partial charge >= 0.3 is 12.1 Å². The molecule has 52 heavy (non-hydrogen) atoms. The van der Waals surface area contributed by atoms with Gasteiger partial charge in [0.1, 0.15) is 28.6 Å². The summed E-state index contributed by atoms with van der Waals surface area (Å²) in [6.45, 7) is 13.1. The topological polar surface area (TPSA) is 137 Å². The van der Waals surface area contributed by atoms with Crippen molar-refractivity contribution in [3.63, 3.8) is 0 Å². The lowest BCUT2D eigenvalue weighted by Gasteiger charge is -2.20. The van der Waals surface area contributed by atoms with Crippen LogP contribution in [-0.4, -0.2) is 44.0 Å². The number of para-hydroxylation sites is 2. The van der Waals surface area contributed by atoms with Crippen LogP contribution in [0.3, 0.4) is 0 Å². The van der Waals surface area contributed by atoms with E-state index in [9.17, 15) is 14.4 Å². The number of aryl methyl sites for hydroxylation is 2. The summed E-state index contributed by atoms with van der Waals surface area (Å²) in [5.41, 5.74) is 4.93. The zero-order chi connectivity index (χ0) is 37.3. The monoisotopic (exact) mass is 738 g/mol. The molecule has 6 rings (SSSR count). The Labute approximate surface area is 311 Å². The van der Waals surface area contributed by atoms with E-state index >= 15 is 0 Å². The van der Waals surface area contributed by atoms with E-state index in [-0.39, 0.29) is 12.3 Å². The molecule has 1 aliphatic rings. The predicted octanol–water partition coefficient (Wildman–Crippen LogP) is 9.09. The van der Waals surface area contributed by atoms with Gasteiger partial charge in [-0.05, 0) is 96.0 Å². The molecule has 13 heteroatoms. The fraction of sp³-hybridized carbons (Fsp3) is 0.282. The van der Waals surface area contributed by atoms with Crippen LogP contribution in [0.1, 0.15) is 95.4 Å². The van der Waals surface area contributed by atoms with Crippen molar-refractivity contribution in [2.45, 2.75) is 72.6 Å². The Balaban J connectivity index is 1.17. The molecule has 0 spiro atoms. The summed E-state index contributed by atoms with van der Waals surface area (Å²) in [5.74, 6) is 0.421. The van der Waals surface area contributed by atoms with Gasteiger partial charge in [0.25, 0.3) is 5.91 Å². The van der Waals surface area contributed by atoms with E-state index in [1.807, 2.05) is 35.8 Å². The first-order valence-corrected chi connectivity index (χ1v) is 17.9. The fourth-order valence-corrected chi connectivity index (χ4v) is 7.16. The number of rotatable bonds is 8. The number of fused-ring (bicyclic) bond motifs is 3. The molecule has 268 valence electrons. The maximum atomic E-state index is 13.5. The third kappa shape index (κ3) is 7.93. The molecule has 0 aliphatic carbocycles. The third-order valence-corrected chi connectivity index (χ3v) is 9.92. The molecule has 0 saturated heterocycles. The minimum Gasteiger partial charge on any atom is -0.458 e.